The van der Waals surface area contributed by atoms with Gasteiger partial charge in [0.05, 0.1) is 6.61 Å². The van der Waals surface area contributed by atoms with Gasteiger partial charge in [0.1, 0.15) is 6.17 Å². The van der Waals surface area contributed by atoms with Crippen molar-refractivity contribution in [1.82, 2.24) is 0 Å². The van der Waals surface area contributed by atoms with E-state index in [0.29, 0.717) is 6.61 Å². The first-order chi connectivity index (χ1) is 6.61. The van der Waals surface area contributed by atoms with Crippen LogP contribution in [-0.2, 0) is 19.8 Å². The van der Waals surface area contributed by atoms with Gasteiger partial charge in [0.25, 0.3) is 8.60 Å². The molecule has 14 heavy (non-hydrogen) atoms. The normalized spacial score (nSPS) is 18.6. The third-order valence-corrected chi connectivity index (χ3v) is 6.71. The van der Waals surface area contributed by atoms with Crippen LogP contribution in [0.3, 0.4) is 0 Å². The lowest BCUT2D eigenvalue weighted by atomic mass is 10.7. The first-order valence-electron chi connectivity index (χ1n) is 4.01. The number of nitrogens with two attached hydrogens (primary N) is 2. The Morgan fingerprint density at radius 1 is 1.57 bits per heavy atom. The molecule has 1 fully saturated rings. The molecule has 7 nitrogen and oxygen atoms in total. The zero-order chi connectivity index (χ0) is 10.6. The van der Waals surface area contributed by atoms with Crippen molar-refractivity contribution in [2.24, 2.45) is 11.5 Å². The van der Waals surface area contributed by atoms with Gasteiger partial charge in [-0.15, -0.1) is 0 Å². The predicted octanol–water partition coefficient (Wildman–Crippen LogP) is 0.284. The molecule has 0 bridgehead atoms. The van der Waals surface area contributed by atoms with E-state index in [0.717, 1.165) is 0 Å². The fourth-order valence-corrected chi connectivity index (χ4v) is 5.01. The van der Waals surface area contributed by atoms with E-state index in [2.05, 4.69) is 0 Å². The smallest absolute Gasteiger partial charge is 0.389 e. The number of hydrogen-bond donors (Lipinski definition) is 2. The van der Waals surface area contributed by atoms with Gasteiger partial charge in [0.15, 0.2) is 0 Å². The van der Waals surface area contributed by atoms with Crippen molar-refractivity contribution in [3.05, 3.63) is 0 Å². The SMILES string of the molecule is CCOP1[O][Al]([O][P+](=O)CC(N)N)[O]1. The monoisotopic (exact) mass is 257 g/mol. The first kappa shape index (κ1) is 12.9. The molecule has 80 valence electrons. The van der Waals surface area contributed by atoms with Gasteiger partial charge in [0.2, 0.25) is 6.16 Å². The molecule has 0 radical (unpaired) electrons. The van der Waals surface area contributed by atoms with E-state index in [4.69, 9.17) is 26.7 Å². The van der Waals surface area contributed by atoms with Gasteiger partial charge in [-0.05, 0) is 11.5 Å². The highest BCUT2D eigenvalue weighted by Crippen LogP contribution is 2.51. The third-order valence-electron chi connectivity index (χ3n) is 1.14. The fraction of sp³-hybridized carbons (Fsp3) is 1.00. The van der Waals surface area contributed by atoms with Crippen LogP contribution in [-0.4, -0.2) is 34.1 Å². The van der Waals surface area contributed by atoms with Gasteiger partial charge in [-0.2, -0.15) is 0 Å². The summed E-state index contributed by atoms with van der Waals surface area (Å²) in [7, 11) is -3.12. The lowest BCUT2D eigenvalue weighted by Gasteiger charge is -2.26. The Kier molecular flexibility index (Phi) is 5.91. The largest absolute Gasteiger partial charge is 0.965 e. The number of hydrogen-bond acceptors (Lipinski definition) is 7. The minimum atomic E-state index is -2.20. The fourth-order valence-electron chi connectivity index (χ4n) is 0.664. The molecule has 10 heteroatoms. The maximum absolute atomic E-state index is 11.1. The van der Waals surface area contributed by atoms with Crippen LogP contribution < -0.4 is 11.5 Å². The second-order valence-electron chi connectivity index (χ2n) is 2.43. The summed E-state index contributed by atoms with van der Waals surface area (Å²) in [5.41, 5.74) is 10.5. The van der Waals surface area contributed by atoms with Gasteiger partial charge in [0, 0.05) is 0 Å². The standard InChI is InChI=1S/C2H7N2O2P.C2H5O3P.Al/c3-2(4)1-7(5)6;1-2-5-6(3)4;/h2H,1,3-4H2;2H2,1H3;/q;-2;+3. The summed E-state index contributed by atoms with van der Waals surface area (Å²) in [6.07, 6.45) is -0.529. The van der Waals surface area contributed by atoms with Gasteiger partial charge < -0.3 is 23.1 Å². The van der Waals surface area contributed by atoms with E-state index >= 15 is 0 Å². The Bertz CT molecular complexity index is 202. The minimum absolute atomic E-state index is 0.109. The average Bonchev–Trinajstić information content (AvgIpc) is 1.99. The van der Waals surface area contributed by atoms with E-state index in [1.807, 2.05) is 6.92 Å². The third kappa shape index (κ3) is 4.56. The Morgan fingerprint density at radius 2 is 2.21 bits per heavy atom. The van der Waals surface area contributed by atoms with Crippen molar-refractivity contribution >= 4 is 31.8 Å². The Labute approximate surface area is 89.3 Å². The summed E-state index contributed by atoms with van der Waals surface area (Å²) < 4.78 is 31.3. The summed E-state index contributed by atoms with van der Waals surface area (Å²) in [6.45, 7) is 2.35. The molecule has 1 unspecified atom stereocenters. The molecule has 1 saturated heterocycles. The molecule has 1 aliphatic rings. The summed E-state index contributed by atoms with van der Waals surface area (Å²) in [6, 6.07) is 0. The molecule has 0 spiro atoms. The molecule has 0 aliphatic carbocycles. The summed E-state index contributed by atoms with van der Waals surface area (Å²) in [4.78, 5) is 0. The van der Waals surface area contributed by atoms with Crippen LogP contribution in [0.2, 0.25) is 0 Å². The molecule has 1 heterocycles. The lowest BCUT2D eigenvalue weighted by Crippen LogP contribution is -2.35. The molecule has 0 aromatic rings. The highest BCUT2D eigenvalue weighted by molar-refractivity contribution is 7.49. The van der Waals surface area contributed by atoms with Gasteiger partial charge in [-0.1, -0.05) is 0 Å². The molecule has 0 amide bonds. The maximum Gasteiger partial charge on any atom is 0.965 e. The Balaban J connectivity index is 2.07. The van der Waals surface area contributed by atoms with E-state index in [1.165, 1.54) is 0 Å². The van der Waals surface area contributed by atoms with Crippen LogP contribution in [0.25, 0.3) is 0 Å². The quantitative estimate of drug-likeness (QED) is 0.400. The van der Waals surface area contributed by atoms with Crippen LogP contribution in [0, 0.1) is 0 Å². The maximum atomic E-state index is 11.1. The van der Waals surface area contributed by atoms with Crippen molar-refractivity contribution < 1.29 is 19.8 Å². The van der Waals surface area contributed by atoms with Crippen molar-refractivity contribution in [3.8, 4) is 0 Å². The van der Waals surface area contributed by atoms with Crippen LogP contribution in [0.1, 0.15) is 6.92 Å². The number of rotatable bonds is 6. The molecular weight excluding hydrogens is 245 g/mol. The Morgan fingerprint density at radius 3 is 2.71 bits per heavy atom. The molecule has 0 aromatic heterocycles. The highest BCUT2D eigenvalue weighted by atomic mass is 31.2. The van der Waals surface area contributed by atoms with Crippen molar-refractivity contribution in [3.63, 3.8) is 0 Å². The molecule has 4 N–H and O–H groups in total. The first-order valence-corrected chi connectivity index (χ1v) is 7.88. The highest BCUT2D eigenvalue weighted by Gasteiger charge is 2.55. The van der Waals surface area contributed by atoms with E-state index < -0.39 is 37.9 Å². The Hall–Kier alpha value is 0.822. The summed E-state index contributed by atoms with van der Waals surface area (Å²) in [5.74, 6) is 0. The topological polar surface area (TPSA) is 106 Å². The minimum Gasteiger partial charge on any atom is -0.389 e. The van der Waals surface area contributed by atoms with Crippen LogP contribution in [0.4, 0.5) is 0 Å². The van der Waals surface area contributed by atoms with Crippen molar-refractivity contribution in [1.29, 1.82) is 0 Å². The van der Waals surface area contributed by atoms with Crippen LogP contribution in [0.5, 0.6) is 0 Å². The predicted molar refractivity (Wildman–Crippen MR) is 52.2 cm³/mol. The lowest BCUT2D eigenvalue weighted by molar-refractivity contribution is 0.171. The van der Waals surface area contributed by atoms with Gasteiger partial charge in [-0.25, -0.2) is 3.58 Å². The zero-order valence-electron chi connectivity index (χ0n) is 7.66. The van der Waals surface area contributed by atoms with Crippen molar-refractivity contribution in [2.75, 3.05) is 12.8 Å². The molecule has 1 rings (SSSR count). The van der Waals surface area contributed by atoms with Crippen molar-refractivity contribution in [2.45, 2.75) is 13.1 Å². The van der Waals surface area contributed by atoms with Crippen LogP contribution in [0.15, 0.2) is 0 Å². The van der Waals surface area contributed by atoms with E-state index in [-0.39, 0.29) is 6.16 Å². The second kappa shape index (κ2) is 6.41. The van der Waals surface area contributed by atoms with E-state index in [9.17, 15) is 4.57 Å². The van der Waals surface area contributed by atoms with Gasteiger partial charge in [-0.3, -0.25) is 0 Å². The second-order valence-corrected chi connectivity index (χ2v) is 7.27. The summed E-state index contributed by atoms with van der Waals surface area (Å²) in [5, 5.41) is 0. The molecule has 0 saturated carbocycles. The van der Waals surface area contributed by atoms with E-state index in [1.54, 1.807) is 0 Å². The molecule has 1 aliphatic heterocycles. The molecule has 0 aromatic carbocycles. The molecular formula is C4H12AlN2O5P2+. The zero-order valence-corrected chi connectivity index (χ0v) is 10.6. The van der Waals surface area contributed by atoms with Gasteiger partial charge >= 0.3 is 23.2 Å². The molecule has 1 atom stereocenters. The average molecular weight is 257 g/mol. The van der Waals surface area contributed by atoms with Crippen LogP contribution >= 0.6 is 16.6 Å². The summed E-state index contributed by atoms with van der Waals surface area (Å²) >= 11 is -2.20.